The maximum Gasteiger partial charge on any atom is 0.249 e. The predicted octanol–water partition coefficient (Wildman–Crippen LogP) is -0.660. The van der Waals surface area contributed by atoms with Crippen molar-refractivity contribution in [2.45, 2.75) is 126 Å². The van der Waals surface area contributed by atoms with E-state index in [1.807, 2.05) is 0 Å². The first kappa shape index (κ1) is 50.7. The van der Waals surface area contributed by atoms with E-state index in [1.165, 1.54) is 36.4 Å². The number of thioether (sulfide) groups is 1. The number of carbonyl (C=O) groups excluding carboxylic acids is 7. The second-order valence-corrected chi connectivity index (χ2v) is 24.8. The van der Waals surface area contributed by atoms with Gasteiger partial charge in [0, 0.05) is 63.0 Å². The molecular weight excluding hydrogens is 917 g/mol. The standard InChI is InChI=1S/C43H68N8O12S3/c1-65(59,60)50-19-16-29(22-50)38(54)46-32(39(55)49-43-47-33(25-64-43)27-6-3-2-4-7-27)24-63-23-26-10-12-28(13-11-26)37(53)45-18-21-66(61,62)20-17-44-31-9-5-8-30-36(31)42(58)51(41(30)57)34-14-15-35(52)48-40(34)56/h26-34,36,43-44,47H,2-25H2,1H3,(H,45,53)(H,46,54)(H,49,55)(H,48,52,56)/t26?,28?,29?,30?,31?,32-,33?,34?,36?,43?/m0/s1. The number of likely N-dealkylation sites (tertiary alicyclic amines) is 1. The van der Waals surface area contributed by atoms with Gasteiger partial charge in [0.05, 0.1) is 42.1 Å². The van der Waals surface area contributed by atoms with Crippen molar-refractivity contribution >= 4 is 73.0 Å². The van der Waals surface area contributed by atoms with E-state index in [1.54, 1.807) is 11.8 Å². The van der Waals surface area contributed by atoms with Gasteiger partial charge in [0.15, 0.2) is 9.84 Å². The summed E-state index contributed by atoms with van der Waals surface area (Å²) in [5.74, 6) is -4.10. The smallest absolute Gasteiger partial charge is 0.249 e. The minimum atomic E-state index is -3.59. The van der Waals surface area contributed by atoms with Crippen molar-refractivity contribution < 1.29 is 55.1 Å². The predicted molar refractivity (Wildman–Crippen MR) is 243 cm³/mol. The Morgan fingerprint density at radius 2 is 1.58 bits per heavy atom. The van der Waals surface area contributed by atoms with Crippen LogP contribution in [0.5, 0.6) is 0 Å². The Bertz CT molecular complexity index is 2050. The molecule has 370 valence electrons. The Hall–Kier alpha value is -3.22. The summed E-state index contributed by atoms with van der Waals surface area (Å²) in [6.45, 7) is 0.539. The monoisotopic (exact) mass is 984 g/mol. The summed E-state index contributed by atoms with van der Waals surface area (Å²) in [5.41, 5.74) is -0.300. The summed E-state index contributed by atoms with van der Waals surface area (Å²) in [5, 5.41) is 17.6. The fraction of sp³-hybridized carbons (Fsp3) is 0.837. The minimum absolute atomic E-state index is 0.0346. The third-order valence-corrected chi connectivity index (χ3v) is 18.9. The number of sulfonamides is 1. The summed E-state index contributed by atoms with van der Waals surface area (Å²) in [4.78, 5) is 92.0. The molecule has 66 heavy (non-hydrogen) atoms. The molecular formula is C43H68N8O12S3. The van der Waals surface area contributed by atoms with Crippen LogP contribution in [0.1, 0.15) is 96.3 Å². The number of ether oxygens (including phenoxy) is 1. The topological polar surface area (TPSA) is 276 Å². The molecule has 4 heterocycles. The number of sulfone groups is 1. The third kappa shape index (κ3) is 12.9. The Morgan fingerprint density at radius 1 is 0.833 bits per heavy atom. The summed E-state index contributed by atoms with van der Waals surface area (Å²) in [6.07, 6.45) is 11.9. The number of carbonyl (C=O) groups is 7. The molecule has 3 aliphatic carbocycles. The quantitative estimate of drug-likeness (QED) is 0.0878. The average molecular weight is 985 g/mol. The maximum absolute atomic E-state index is 13.7. The van der Waals surface area contributed by atoms with Crippen LogP contribution in [0.4, 0.5) is 0 Å². The lowest BCUT2D eigenvalue weighted by Crippen LogP contribution is -2.55. The molecule has 0 aromatic rings. The van der Waals surface area contributed by atoms with Gasteiger partial charge in [-0.2, -0.15) is 0 Å². The highest BCUT2D eigenvalue weighted by Gasteiger charge is 2.55. The fourth-order valence-corrected chi connectivity index (χ4v) is 14.2. The van der Waals surface area contributed by atoms with Crippen molar-refractivity contribution in [1.82, 2.24) is 41.1 Å². The summed E-state index contributed by atoms with van der Waals surface area (Å²) < 4.78 is 57.5. The Labute approximate surface area is 392 Å². The minimum Gasteiger partial charge on any atom is -0.378 e. The van der Waals surface area contributed by atoms with Crippen molar-refractivity contribution in [2.75, 3.05) is 62.9 Å². The number of amides is 7. The van der Waals surface area contributed by atoms with Crippen LogP contribution in [0.2, 0.25) is 0 Å². The number of hydrogen-bond acceptors (Lipinski definition) is 15. The molecule has 7 amide bonds. The molecule has 0 bridgehead atoms. The Kier molecular flexibility index (Phi) is 17.2. The number of piperidine rings is 1. The number of imide groups is 2. The van der Waals surface area contributed by atoms with E-state index in [-0.39, 0.29) is 86.3 Å². The number of fused-ring (bicyclic) bond motifs is 1. The highest BCUT2D eigenvalue weighted by atomic mass is 32.2. The first-order chi connectivity index (χ1) is 31.5. The van der Waals surface area contributed by atoms with Crippen LogP contribution in [-0.2, 0) is 58.2 Å². The summed E-state index contributed by atoms with van der Waals surface area (Å²) >= 11 is 1.64. The second kappa shape index (κ2) is 22.5. The van der Waals surface area contributed by atoms with Gasteiger partial charge in [0.25, 0.3) is 0 Å². The van der Waals surface area contributed by atoms with Crippen molar-refractivity contribution in [1.29, 1.82) is 0 Å². The third-order valence-electron chi connectivity index (χ3n) is 14.8. The van der Waals surface area contributed by atoms with Crippen molar-refractivity contribution in [2.24, 2.45) is 35.5 Å². The van der Waals surface area contributed by atoms with Gasteiger partial charge in [0.1, 0.15) is 17.6 Å². The summed E-state index contributed by atoms with van der Waals surface area (Å²) in [6, 6.07) is -2.15. The van der Waals surface area contributed by atoms with Gasteiger partial charge < -0.3 is 26.0 Å². The first-order valence-corrected chi connectivity index (χ1v) is 28.6. The number of rotatable bonds is 19. The number of hydrogen-bond donors (Lipinski definition) is 6. The van der Waals surface area contributed by atoms with E-state index in [4.69, 9.17) is 4.74 Å². The molecule has 0 aromatic heterocycles. The zero-order valence-electron chi connectivity index (χ0n) is 37.8. The van der Waals surface area contributed by atoms with Crippen LogP contribution in [0.25, 0.3) is 0 Å². The zero-order valence-corrected chi connectivity index (χ0v) is 40.3. The molecule has 8 atom stereocenters. The Morgan fingerprint density at radius 3 is 2.29 bits per heavy atom. The van der Waals surface area contributed by atoms with Gasteiger partial charge >= 0.3 is 0 Å². The molecule has 4 aliphatic heterocycles. The van der Waals surface area contributed by atoms with E-state index >= 15 is 0 Å². The lowest BCUT2D eigenvalue weighted by atomic mass is 9.77. The molecule has 3 saturated carbocycles. The van der Waals surface area contributed by atoms with Gasteiger partial charge in [-0.3, -0.25) is 49.1 Å². The summed E-state index contributed by atoms with van der Waals surface area (Å²) in [7, 11) is -7.04. The van der Waals surface area contributed by atoms with Gasteiger partial charge in [0.2, 0.25) is 51.4 Å². The average Bonchev–Trinajstić information content (AvgIpc) is 4.03. The van der Waals surface area contributed by atoms with Gasteiger partial charge in [-0.1, -0.05) is 25.7 Å². The lowest BCUT2D eigenvalue weighted by molar-refractivity contribution is -0.151. The van der Waals surface area contributed by atoms with Crippen LogP contribution in [0.3, 0.4) is 0 Å². The molecule has 6 N–H and O–H groups in total. The van der Waals surface area contributed by atoms with E-state index in [0.29, 0.717) is 69.9 Å². The molecule has 7 unspecified atom stereocenters. The largest absolute Gasteiger partial charge is 0.378 e. The maximum atomic E-state index is 13.7. The highest BCUT2D eigenvalue weighted by Crippen LogP contribution is 2.40. The van der Waals surface area contributed by atoms with E-state index in [2.05, 4.69) is 31.9 Å². The molecule has 7 rings (SSSR count). The molecule has 20 nitrogen and oxygen atoms in total. The Balaban J connectivity index is 0.810. The number of nitrogens with one attached hydrogen (secondary N) is 6. The zero-order chi connectivity index (χ0) is 47.2. The van der Waals surface area contributed by atoms with Gasteiger partial charge in [-0.25, -0.2) is 21.1 Å². The number of nitrogens with zero attached hydrogens (tertiary/aromatic N) is 2. The normalized spacial score (nSPS) is 31.9. The fourth-order valence-electron chi connectivity index (χ4n) is 11.0. The molecule has 0 radical (unpaired) electrons. The van der Waals surface area contributed by atoms with Crippen LogP contribution >= 0.6 is 11.8 Å². The second-order valence-electron chi connectivity index (χ2n) is 19.4. The molecule has 4 saturated heterocycles. The van der Waals surface area contributed by atoms with E-state index < -0.39 is 85.3 Å². The molecule has 0 aromatic carbocycles. The van der Waals surface area contributed by atoms with Gasteiger partial charge in [-0.05, 0) is 76.0 Å². The van der Waals surface area contributed by atoms with Crippen LogP contribution in [-0.4, -0.2) is 160 Å². The SMILES string of the molecule is CS(=O)(=O)N1CCC(C(=O)N[C@@H](COCC2CCC(C(=O)NCCS(=O)(=O)CCNC3CCCC4C(=O)N(C5CCC(=O)NC5=O)C(=O)C34)CC2)C(=O)NC2NC(C3CCCCC3)CS2)C1. The van der Waals surface area contributed by atoms with Crippen LogP contribution in [0.15, 0.2) is 0 Å². The lowest BCUT2D eigenvalue weighted by Gasteiger charge is -2.31. The molecule has 7 aliphatic rings. The van der Waals surface area contributed by atoms with E-state index in [9.17, 15) is 50.4 Å². The van der Waals surface area contributed by atoms with Gasteiger partial charge in [-0.15, -0.1) is 11.8 Å². The first-order valence-electron chi connectivity index (χ1n) is 23.9. The van der Waals surface area contributed by atoms with Crippen LogP contribution in [0, 0.1) is 35.5 Å². The molecule has 7 fully saturated rings. The molecule has 23 heteroatoms. The van der Waals surface area contributed by atoms with Crippen molar-refractivity contribution in [3.8, 4) is 0 Å². The van der Waals surface area contributed by atoms with Crippen molar-refractivity contribution in [3.63, 3.8) is 0 Å². The van der Waals surface area contributed by atoms with E-state index in [0.717, 1.165) is 16.9 Å². The van der Waals surface area contributed by atoms with Crippen molar-refractivity contribution in [3.05, 3.63) is 0 Å². The highest BCUT2D eigenvalue weighted by molar-refractivity contribution is 8.00. The molecule has 0 spiro atoms. The van der Waals surface area contributed by atoms with Crippen LogP contribution < -0.4 is 31.9 Å².